The van der Waals surface area contributed by atoms with Crippen LogP contribution in [0.3, 0.4) is 0 Å². The molecule has 1 heterocycles. The first-order valence-corrected chi connectivity index (χ1v) is 8.27. The highest BCUT2D eigenvalue weighted by Gasteiger charge is 2.29. The molecule has 1 aromatic rings. The molecule has 1 fully saturated rings. The first kappa shape index (κ1) is 15.4. The molecule has 0 atom stereocenters. The molecule has 1 aliphatic rings. The van der Waals surface area contributed by atoms with Gasteiger partial charge in [0.05, 0.1) is 10.5 Å². The smallest absolute Gasteiger partial charge is 0.335 e. The Bertz CT molecular complexity index is 624. The van der Waals surface area contributed by atoms with E-state index < -0.39 is 16.0 Å². The second-order valence-corrected chi connectivity index (χ2v) is 7.42. The van der Waals surface area contributed by atoms with Gasteiger partial charge in [0, 0.05) is 30.7 Å². The van der Waals surface area contributed by atoms with Crippen molar-refractivity contribution in [2.75, 3.05) is 33.2 Å². The minimum absolute atomic E-state index is 0.00181. The van der Waals surface area contributed by atoms with E-state index in [0.717, 1.165) is 0 Å². The number of aromatic carboxylic acids is 1. The zero-order valence-electron chi connectivity index (χ0n) is 10.9. The quantitative estimate of drug-likeness (QED) is 0.870. The number of hydrogen-bond acceptors (Lipinski definition) is 4. The maximum Gasteiger partial charge on any atom is 0.335 e. The third-order valence-electron chi connectivity index (χ3n) is 3.26. The van der Waals surface area contributed by atoms with E-state index in [1.165, 1.54) is 22.5 Å². The van der Waals surface area contributed by atoms with Crippen LogP contribution in [0.25, 0.3) is 0 Å². The lowest BCUT2D eigenvalue weighted by atomic mass is 10.2. The first-order valence-electron chi connectivity index (χ1n) is 6.04. The van der Waals surface area contributed by atoms with Gasteiger partial charge in [0.1, 0.15) is 0 Å². The highest BCUT2D eigenvalue weighted by atomic mass is 79.9. The average Bonchev–Trinajstić information content (AvgIpc) is 2.39. The van der Waals surface area contributed by atoms with Crippen LogP contribution in [0.5, 0.6) is 0 Å². The van der Waals surface area contributed by atoms with Gasteiger partial charge in [0.25, 0.3) is 0 Å². The number of halogens is 1. The molecule has 2 rings (SSSR count). The molecule has 110 valence electrons. The van der Waals surface area contributed by atoms with Crippen LogP contribution in [0.15, 0.2) is 27.6 Å². The zero-order valence-corrected chi connectivity index (χ0v) is 13.3. The maximum absolute atomic E-state index is 12.6. The van der Waals surface area contributed by atoms with Gasteiger partial charge in [-0.3, -0.25) is 0 Å². The number of piperazine rings is 1. The lowest BCUT2D eigenvalue weighted by molar-refractivity contribution is 0.0696. The monoisotopic (exact) mass is 362 g/mol. The molecule has 0 radical (unpaired) electrons. The van der Waals surface area contributed by atoms with Crippen molar-refractivity contribution in [1.82, 2.24) is 9.21 Å². The standard InChI is InChI=1S/C12H15BrN2O4S/c1-14-4-6-15(7-5-14)20(18,19)11-8-9(12(16)17)2-3-10(11)13/h2-3,8H,4-7H2,1H3,(H,16,17). The van der Waals surface area contributed by atoms with Crippen LogP contribution in [0.2, 0.25) is 0 Å². The van der Waals surface area contributed by atoms with E-state index in [-0.39, 0.29) is 10.5 Å². The highest BCUT2D eigenvalue weighted by molar-refractivity contribution is 9.10. The topological polar surface area (TPSA) is 77.9 Å². The van der Waals surface area contributed by atoms with E-state index in [2.05, 4.69) is 20.8 Å². The minimum Gasteiger partial charge on any atom is -0.478 e. The number of likely N-dealkylation sites (N-methyl/N-ethyl adjacent to an activating group) is 1. The van der Waals surface area contributed by atoms with E-state index >= 15 is 0 Å². The summed E-state index contributed by atoms with van der Waals surface area (Å²) >= 11 is 3.18. The van der Waals surface area contributed by atoms with Crippen LogP contribution >= 0.6 is 15.9 Å². The SMILES string of the molecule is CN1CCN(S(=O)(=O)c2cc(C(=O)O)ccc2Br)CC1. The normalized spacial score (nSPS) is 18.1. The molecule has 1 saturated heterocycles. The second-order valence-electron chi connectivity index (χ2n) is 4.66. The first-order chi connectivity index (χ1) is 9.32. The van der Waals surface area contributed by atoms with Crippen molar-refractivity contribution in [3.8, 4) is 0 Å². The molecule has 0 aliphatic carbocycles. The fourth-order valence-corrected chi connectivity index (χ4v) is 4.37. The zero-order chi connectivity index (χ0) is 14.9. The number of sulfonamides is 1. The van der Waals surface area contributed by atoms with Crippen LogP contribution in [0.1, 0.15) is 10.4 Å². The number of carboxylic acids is 1. The Balaban J connectivity index is 2.38. The molecule has 0 unspecified atom stereocenters. The van der Waals surface area contributed by atoms with Crippen molar-refractivity contribution in [2.24, 2.45) is 0 Å². The summed E-state index contributed by atoms with van der Waals surface area (Å²) in [7, 11) is -1.74. The summed E-state index contributed by atoms with van der Waals surface area (Å²) < 4.78 is 26.9. The Hall–Kier alpha value is -0.960. The second kappa shape index (κ2) is 5.80. The molecule has 20 heavy (non-hydrogen) atoms. The van der Waals surface area contributed by atoms with Crippen molar-refractivity contribution < 1.29 is 18.3 Å². The lowest BCUT2D eigenvalue weighted by Crippen LogP contribution is -2.47. The largest absolute Gasteiger partial charge is 0.478 e. The van der Waals surface area contributed by atoms with Crippen molar-refractivity contribution in [3.05, 3.63) is 28.2 Å². The molecular formula is C12H15BrN2O4S. The van der Waals surface area contributed by atoms with Crippen LogP contribution in [0, 0.1) is 0 Å². The van der Waals surface area contributed by atoms with E-state index in [0.29, 0.717) is 30.7 Å². The number of hydrogen-bond donors (Lipinski definition) is 1. The maximum atomic E-state index is 12.6. The van der Waals surface area contributed by atoms with Gasteiger partial charge >= 0.3 is 5.97 Å². The molecule has 6 nitrogen and oxygen atoms in total. The predicted octanol–water partition coefficient (Wildman–Crippen LogP) is 1.08. The lowest BCUT2D eigenvalue weighted by Gasteiger charge is -2.31. The van der Waals surface area contributed by atoms with Crippen molar-refractivity contribution >= 4 is 31.9 Å². The molecule has 0 bridgehead atoms. The van der Waals surface area contributed by atoms with E-state index in [4.69, 9.17) is 5.11 Å². The number of nitrogens with zero attached hydrogens (tertiary/aromatic N) is 2. The summed E-state index contributed by atoms with van der Waals surface area (Å²) in [5.41, 5.74) is -0.0408. The fourth-order valence-electron chi connectivity index (χ4n) is 2.00. The van der Waals surface area contributed by atoms with Crippen molar-refractivity contribution in [1.29, 1.82) is 0 Å². The molecule has 0 aromatic heterocycles. The summed E-state index contributed by atoms with van der Waals surface area (Å²) in [6, 6.07) is 4.02. The molecular weight excluding hydrogens is 348 g/mol. The summed E-state index contributed by atoms with van der Waals surface area (Å²) in [6.45, 7) is 2.14. The van der Waals surface area contributed by atoms with E-state index in [1.54, 1.807) is 0 Å². The molecule has 0 spiro atoms. The van der Waals surface area contributed by atoms with Gasteiger partial charge in [-0.15, -0.1) is 0 Å². The third-order valence-corrected chi connectivity index (χ3v) is 6.15. The number of carbonyl (C=O) groups is 1. The van der Waals surface area contributed by atoms with Crippen molar-refractivity contribution in [3.63, 3.8) is 0 Å². The average molecular weight is 363 g/mol. The van der Waals surface area contributed by atoms with Gasteiger partial charge in [-0.05, 0) is 41.2 Å². The Morgan fingerprint density at radius 3 is 2.40 bits per heavy atom. The number of carboxylic acid groups (broad SMARTS) is 1. The van der Waals surface area contributed by atoms with Crippen LogP contribution in [-0.2, 0) is 10.0 Å². The Kier molecular flexibility index (Phi) is 4.48. The summed E-state index contributed by atoms with van der Waals surface area (Å²) in [5, 5.41) is 8.98. The minimum atomic E-state index is -3.68. The fraction of sp³-hybridized carbons (Fsp3) is 0.417. The Morgan fingerprint density at radius 1 is 1.25 bits per heavy atom. The molecule has 8 heteroatoms. The van der Waals surface area contributed by atoms with Gasteiger partial charge in [-0.25, -0.2) is 13.2 Å². The molecule has 0 amide bonds. The van der Waals surface area contributed by atoms with Gasteiger partial charge in [-0.1, -0.05) is 0 Å². The molecule has 1 aliphatic heterocycles. The van der Waals surface area contributed by atoms with Crippen molar-refractivity contribution in [2.45, 2.75) is 4.90 Å². The van der Waals surface area contributed by atoms with Crippen LogP contribution in [0.4, 0.5) is 0 Å². The highest BCUT2D eigenvalue weighted by Crippen LogP contribution is 2.27. The molecule has 1 N–H and O–H groups in total. The molecule has 0 saturated carbocycles. The summed E-state index contributed by atoms with van der Waals surface area (Å²) in [5.74, 6) is -1.15. The Morgan fingerprint density at radius 2 is 1.85 bits per heavy atom. The van der Waals surface area contributed by atoms with Crippen LogP contribution in [-0.4, -0.2) is 61.9 Å². The predicted molar refractivity (Wildman–Crippen MR) is 77.4 cm³/mol. The van der Waals surface area contributed by atoms with E-state index in [1.807, 2.05) is 7.05 Å². The summed E-state index contributed by atoms with van der Waals surface area (Å²) in [4.78, 5) is 13.0. The van der Waals surface area contributed by atoms with Crippen LogP contribution < -0.4 is 0 Å². The van der Waals surface area contributed by atoms with Gasteiger partial charge in [0.2, 0.25) is 10.0 Å². The van der Waals surface area contributed by atoms with Gasteiger partial charge < -0.3 is 10.0 Å². The third kappa shape index (κ3) is 3.03. The Labute approximate surface area is 126 Å². The van der Waals surface area contributed by atoms with Gasteiger partial charge in [0.15, 0.2) is 0 Å². The van der Waals surface area contributed by atoms with Gasteiger partial charge in [-0.2, -0.15) is 4.31 Å². The molecule has 1 aromatic carbocycles. The summed E-state index contributed by atoms with van der Waals surface area (Å²) in [6.07, 6.45) is 0. The van der Waals surface area contributed by atoms with E-state index in [9.17, 15) is 13.2 Å². The number of rotatable bonds is 3. The number of benzene rings is 1.